The number of nitrogens with one attached hydrogen (secondary N) is 1. The number of thiazole rings is 1. The van der Waals surface area contributed by atoms with Gasteiger partial charge in [-0.1, -0.05) is 6.07 Å². The molecule has 2 rings (SSSR count). The number of aromatic nitrogens is 1. The summed E-state index contributed by atoms with van der Waals surface area (Å²) in [5.41, 5.74) is 2.54. The molecule has 0 unspecified atom stereocenters. The van der Waals surface area contributed by atoms with Crippen LogP contribution in [-0.4, -0.2) is 18.6 Å². The number of nitrogens with zero attached hydrogens (tertiary/aromatic N) is 1. The molecule has 0 aliphatic heterocycles. The third-order valence-electron chi connectivity index (χ3n) is 2.45. The molecule has 2 aromatic rings. The summed E-state index contributed by atoms with van der Waals surface area (Å²) in [5, 5.41) is 4.32. The minimum Gasteiger partial charge on any atom is -0.320 e. The normalized spacial score (nSPS) is 11.1. The second kappa shape index (κ2) is 4.73. The van der Waals surface area contributed by atoms with Gasteiger partial charge in [0.1, 0.15) is 0 Å². The maximum atomic E-state index is 4.50. The van der Waals surface area contributed by atoms with Crippen molar-refractivity contribution in [1.29, 1.82) is 0 Å². The summed E-state index contributed by atoms with van der Waals surface area (Å²) in [4.78, 5) is 4.50. The molecule has 3 heteroatoms. The maximum Gasteiger partial charge on any atom is 0.0907 e. The molecule has 0 saturated carbocycles. The zero-order chi connectivity index (χ0) is 10.7. The number of fused-ring (bicyclic) bond motifs is 1. The standard InChI is InChI=1S/C12H16N2S/c1-9-14-11-8-10(4-3-7-13-2)5-6-12(11)15-9/h5-6,8,13H,3-4,7H2,1-2H3. The molecule has 1 aromatic heterocycles. The first-order chi connectivity index (χ1) is 7.29. The molecule has 0 aliphatic rings. The summed E-state index contributed by atoms with van der Waals surface area (Å²) in [6.07, 6.45) is 2.32. The number of rotatable bonds is 4. The number of hydrogen-bond donors (Lipinski definition) is 1. The highest BCUT2D eigenvalue weighted by Gasteiger charge is 2.01. The van der Waals surface area contributed by atoms with Gasteiger partial charge in [0.05, 0.1) is 15.2 Å². The molecule has 0 atom stereocenters. The molecule has 0 bridgehead atoms. The summed E-state index contributed by atoms with van der Waals surface area (Å²) < 4.78 is 1.30. The summed E-state index contributed by atoms with van der Waals surface area (Å²) >= 11 is 1.77. The predicted molar refractivity (Wildman–Crippen MR) is 66.6 cm³/mol. The molecule has 1 N–H and O–H groups in total. The minimum atomic E-state index is 1.08. The van der Waals surface area contributed by atoms with Gasteiger partial charge in [-0.15, -0.1) is 11.3 Å². The first kappa shape index (κ1) is 10.6. The van der Waals surface area contributed by atoms with Crippen LogP contribution in [0.1, 0.15) is 17.0 Å². The maximum absolute atomic E-state index is 4.50. The second-order valence-electron chi connectivity index (χ2n) is 3.74. The van der Waals surface area contributed by atoms with Gasteiger partial charge in [0, 0.05) is 0 Å². The Kier molecular flexibility index (Phi) is 3.34. The number of aryl methyl sites for hydroxylation is 2. The van der Waals surface area contributed by atoms with Crippen LogP contribution >= 0.6 is 11.3 Å². The van der Waals surface area contributed by atoms with Crippen molar-refractivity contribution < 1.29 is 0 Å². The van der Waals surface area contributed by atoms with E-state index in [1.54, 1.807) is 11.3 Å². The Morgan fingerprint density at radius 2 is 2.27 bits per heavy atom. The van der Waals surface area contributed by atoms with Gasteiger partial charge in [0.15, 0.2) is 0 Å². The Hall–Kier alpha value is -0.930. The fourth-order valence-corrected chi connectivity index (χ4v) is 2.52. The van der Waals surface area contributed by atoms with Crippen LogP contribution in [0.4, 0.5) is 0 Å². The van der Waals surface area contributed by atoms with E-state index in [-0.39, 0.29) is 0 Å². The Labute approximate surface area is 94.3 Å². The van der Waals surface area contributed by atoms with Crippen LogP contribution in [0.2, 0.25) is 0 Å². The van der Waals surface area contributed by atoms with Crippen molar-refractivity contribution in [2.24, 2.45) is 0 Å². The predicted octanol–water partition coefficient (Wildman–Crippen LogP) is 2.76. The van der Waals surface area contributed by atoms with E-state index in [1.165, 1.54) is 16.7 Å². The molecule has 0 amide bonds. The molecule has 80 valence electrons. The number of hydrogen-bond acceptors (Lipinski definition) is 3. The van der Waals surface area contributed by atoms with Crippen LogP contribution < -0.4 is 5.32 Å². The highest BCUT2D eigenvalue weighted by molar-refractivity contribution is 7.18. The van der Waals surface area contributed by atoms with E-state index < -0.39 is 0 Å². The quantitative estimate of drug-likeness (QED) is 0.801. The molecule has 1 aromatic carbocycles. The van der Waals surface area contributed by atoms with E-state index in [1.807, 2.05) is 7.05 Å². The van der Waals surface area contributed by atoms with E-state index in [0.717, 1.165) is 23.5 Å². The topological polar surface area (TPSA) is 24.9 Å². The summed E-state index contributed by atoms with van der Waals surface area (Å²) in [5.74, 6) is 0. The third kappa shape index (κ3) is 2.55. The van der Waals surface area contributed by atoms with Gasteiger partial charge in [-0.3, -0.25) is 0 Å². The zero-order valence-electron chi connectivity index (χ0n) is 9.21. The van der Waals surface area contributed by atoms with Crippen LogP contribution in [0, 0.1) is 6.92 Å². The molecular formula is C12H16N2S. The van der Waals surface area contributed by atoms with Crippen molar-refractivity contribution in [3.63, 3.8) is 0 Å². The lowest BCUT2D eigenvalue weighted by atomic mass is 10.1. The smallest absolute Gasteiger partial charge is 0.0907 e. The largest absolute Gasteiger partial charge is 0.320 e. The van der Waals surface area contributed by atoms with E-state index >= 15 is 0 Å². The van der Waals surface area contributed by atoms with Crippen LogP contribution in [0.25, 0.3) is 10.2 Å². The van der Waals surface area contributed by atoms with Crippen molar-refractivity contribution >= 4 is 21.6 Å². The van der Waals surface area contributed by atoms with E-state index in [4.69, 9.17) is 0 Å². The van der Waals surface area contributed by atoms with Crippen molar-refractivity contribution in [3.8, 4) is 0 Å². The van der Waals surface area contributed by atoms with Crippen LogP contribution in [-0.2, 0) is 6.42 Å². The third-order valence-corrected chi connectivity index (χ3v) is 3.40. The fraction of sp³-hybridized carbons (Fsp3) is 0.417. The Bertz CT molecular complexity index is 448. The van der Waals surface area contributed by atoms with Crippen molar-refractivity contribution in [1.82, 2.24) is 10.3 Å². The molecule has 0 saturated heterocycles. The Morgan fingerprint density at radius 1 is 1.40 bits per heavy atom. The Morgan fingerprint density at radius 3 is 3.07 bits per heavy atom. The van der Waals surface area contributed by atoms with Crippen LogP contribution in [0.5, 0.6) is 0 Å². The average Bonchev–Trinajstić information content (AvgIpc) is 2.57. The average molecular weight is 220 g/mol. The van der Waals surface area contributed by atoms with E-state index in [2.05, 4.69) is 35.4 Å². The van der Waals surface area contributed by atoms with Crippen LogP contribution in [0.15, 0.2) is 18.2 Å². The molecule has 15 heavy (non-hydrogen) atoms. The first-order valence-electron chi connectivity index (χ1n) is 5.30. The van der Waals surface area contributed by atoms with Gasteiger partial charge in [-0.25, -0.2) is 4.98 Å². The molecule has 0 spiro atoms. The van der Waals surface area contributed by atoms with Gasteiger partial charge >= 0.3 is 0 Å². The molecular weight excluding hydrogens is 204 g/mol. The van der Waals surface area contributed by atoms with Gasteiger partial charge in [-0.05, 0) is 51.1 Å². The first-order valence-corrected chi connectivity index (χ1v) is 6.12. The lowest BCUT2D eigenvalue weighted by molar-refractivity contribution is 0.725. The molecule has 0 fully saturated rings. The molecule has 0 radical (unpaired) electrons. The highest BCUT2D eigenvalue weighted by atomic mass is 32.1. The van der Waals surface area contributed by atoms with Crippen molar-refractivity contribution in [2.75, 3.05) is 13.6 Å². The number of benzene rings is 1. The van der Waals surface area contributed by atoms with E-state index in [9.17, 15) is 0 Å². The molecule has 1 heterocycles. The fourth-order valence-electron chi connectivity index (χ4n) is 1.71. The van der Waals surface area contributed by atoms with Crippen molar-refractivity contribution in [3.05, 3.63) is 28.8 Å². The Balaban J connectivity index is 2.15. The lowest BCUT2D eigenvalue weighted by Crippen LogP contribution is -2.08. The summed E-state index contributed by atoms with van der Waals surface area (Å²) in [7, 11) is 1.99. The van der Waals surface area contributed by atoms with Gasteiger partial charge in [0.25, 0.3) is 0 Å². The van der Waals surface area contributed by atoms with Crippen molar-refractivity contribution in [2.45, 2.75) is 19.8 Å². The van der Waals surface area contributed by atoms with Gasteiger partial charge in [0.2, 0.25) is 0 Å². The lowest BCUT2D eigenvalue weighted by Gasteiger charge is -2.00. The summed E-state index contributed by atoms with van der Waals surface area (Å²) in [6, 6.07) is 6.62. The van der Waals surface area contributed by atoms with E-state index in [0.29, 0.717) is 0 Å². The minimum absolute atomic E-state index is 1.08. The summed E-state index contributed by atoms with van der Waals surface area (Å²) in [6.45, 7) is 3.14. The zero-order valence-corrected chi connectivity index (χ0v) is 10.0. The second-order valence-corrected chi connectivity index (χ2v) is 4.98. The van der Waals surface area contributed by atoms with Gasteiger partial charge < -0.3 is 5.32 Å². The molecule has 0 aliphatic carbocycles. The monoisotopic (exact) mass is 220 g/mol. The highest BCUT2D eigenvalue weighted by Crippen LogP contribution is 2.22. The van der Waals surface area contributed by atoms with Gasteiger partial charge in [-0.2, -0.15) is 0 Å². The van der Waals surface area contributed by atoms with Crippen LogP contribution in [0.3, 0.4) is 0 Å². The molecule has 2 nitrogen and oxygen atoms in total. The SMILES string of the molecule is CNCCCc1ccc2sc(C)nc2c1.